The summed E-state index contributed by atoms with van der Waals surface area (Å²) in [6.07, 6.45) is 0.315. The Labute approximate surface area is 162 Å². The third kappa shape index (κ3) is 3.30. The first-order valence-electron chi connectivity index (χ1n) is 9.05. The van der Waals surface area contributed by atoms with Gasteiger partial charge in [0.1, 0.15) is 11.9 Å². The first-order chi connectivity index (χ1) is 13.6. The zero-order chi connectivity index (χ0) is 19.5. The van der Waals surface area contributed by atoms with Crippen molar-refractivity contribution in [1.82, 2.24) is 9.55 Å². The number of aromatic nitrogens is 2. The molecule has 1 aromatic heterocycles. The van der Waals surface area contributed by atoms with E-state index in [0.717, 1.165) is 11.1 Å². The molecule has 28 heavy (non-hydrogen) atoms. The molecule has 0 saturated carbocycles. The fourth-order valence-electron chi connectivity index (χ4n) is 3.38. The average molecular weight is 369 g/mol. The standard InChI is InChI=1S/C23H19N3O2/c24-21(27)20(15-16-9-3-1-4-10-16)26-22(17-11-5-2-6-12-17)25-19-14-8-7-13-18(19)23(26)28/h1-14,20H,15H2,(H2,24,27). The van der Waals surface area contributed by atoms with E-state index in [-0.39, 0.29) is 5.56 Å². The Hall–Kier alpha value is -3.73. The van der Waals surface area contributed by atoms with E-state index in [1.54, 1.807) is 18.2 Å². The Morgan fingerprint density at radius 2 is 1.50 bits per heavy atom. The zero-order valence-corrected chi connectivity index (χ0v) is 15.2. The fourth-order valence-corrected chi connectivity index (χ4v) is 3.38. The molecule has 0 fully saturated rings. The number of hydrogen-bond acceptors (Lipinski definition) is 3. The summed E-state index contributed by atoms with van der Waals surface area (Å²) in [6, 6.07) is 25.2. The molecule has 0 bridgehead atoms. The van der Waals surface area contributed by atoms with Gasteiger partial charge in [-0.05, 0) is 17.7 Å². The van der Waals surface area contributed by atoms with Gasteiger partial charge < -0.3 is 5.73 Å². The number of rotatable bonds is 5. The molecule has 1 heterocycles. The molecule has 0 radical (unpaired) electrons. The molecule has 138 valence electrons. The summed E-state index contributed by atoms with van der Waals surface area (Å²) in [6.45, 7) is 0. The molecule has 0 spiro atoms. The monoisotopic (exact) mass is 369 g/mol. The van der Waals surface area contributed by atoms with E-state index >= 15 is 0 Å². The maximum absolute atomic E-state index is 13.4. The summed E-state index contributed by atoms with van der Waals surface area (Å²) in [5, 5.41) is 0.460. The van der Waals surface area contributed by atoms with Gasteiger partial charge in [0.2, 0.25) is 5.91 Å². The summed E-state index contributed by atoms with van der Waals surface area (Å²) in [4.78, 5) is 30.5. The number of carbonyl (C=O) groups is 1. The molecule has 3 aromatic carbocycles. The molecule has 5 heteroatoms. The minimum absolute atomic E-state index is 0.274. The van der Waals surface area contributed by atoms with E-state index in [9.17, 15) is 9.59 Å². The molecule has 0 saturated heterocycles. The van der Waals surface area contributed by atoms with Gasteiger partial charge in [-0.1, -0.05) is 72.8 Å². The van der Waals surface area contributed by atoms with Crippen molar-refractivity contribution in [2.75, 3.05) is 0 Å². The van der Waals surface area contributed by atoms with E-state index in [1.165, 1.54) is 4.57 Å². The van der Waals surface area contributed by atoms with Gasteiger partial charge in [-0.25, -0.2) is 4.98 Å². The molecular formula is C23H19N3O2. The van der Waals surface area contributed by atoms with Crippen LogP contribution in [-0.2, 0) is 11.2 Å². The highest BCUT2D eigenvalue weighted by Crippen LogP contribution is 2.24. The lowest BCUT2D eigenvalue weighted by atomic mass is 10.0. The van der Waals surface area contributed by atoms with Crippen LogP contribution in [0.15, 0.2) is 89.7 Å². The molecule has 0 aliphatic carbocycles. The molecular weight excluding hydrogens is 350 g/mol. The van der Waals surface area contributed by atoms with Crippen molar-refractivity contribution in [3.8, 4) is 11.4 Å². The summed E-state index contributed by atoms with van der Waals surface area (Å²) >= 11 is 0. The highest BCUT2D eigenvalue weighted by atomic mass is 16.2. The number of primary amides is 1. The predicted molar refractivity (Wildman–Crippen MR) is 110 cm³/mol. The smallest absolute Gasteiger partial charge is 0.262 e. The third-order valence-electron chi connectivity index (χ3n) is 4.75. The molecule has 2 N–H and O–H groups in total. The third-order valence-corrected chi connectivity index (χ3v) is 4.75. The van der Waals surface area contributed by atoms with Crippen LogP contribution in [0.4, 0.5) is 0 Å². The summed E-state index contributed by atoms with van der Waals surface area (Å²) in [5.41, 5.74) is 7.74. The molecule has 1 unspecified atom stereocenters. The number of nitrogens with two attached hydrogens (primary N) is 1. The molecule has 0 aliphatic heterocycles. The van der Waals surface area contributed by atoms with Crippen molar-refractivity contribution in [1.29, 1.82) is 0 Å². The van der Waals surface area contributed by atoms with Crippen molar-refractivity contribution in [3.63, 3.8) is 0 Å². The van der Waals surface area contributed by atoms with Gasteiger partial charge in [0, 0.05) is 12.0 Å². The molecule has 1 amide bonds. The number of benzene rings is 3. The van der Waals surface area contributed by atoms with Crippen molar-refractivity contribution in [2.45, 2.75) is 12.5 Å². The van der Waals surface area contributed by atoms with Crippen LogP contribution in [0.5, 0.6) is 0 Å². The largest absolute Gasteiger partial charge is 0.368 e. The van der Waals surface area contributed by atoms with Crippen LogP contribution >= 0.6 is 0 Å². The Morgan fingerprint density at radius 3 is 2.18 bits per heavy atom. The van der Waals surface area contributed by atoms with Crippen LogP contribution in [-0.4, -0.2) is 15.5 Å². The number of amides is 1. The van der Waals surface area contributed by atoms with Crippen molar-refractivity contribution >= 4 is 16.8 Å². The molecule has 4 rings (SSSR count). The van der Waals surface area contributed by atoms with Gasteiger partial charge in [0.25, 0.3) is 5.56 Å². The van der Waals surface area contributed by atoms with E-state index in [4.69, 9.17) is 10.7 Å². The Morgan fingerprint density at radius 1 is 0.893 bits per heavy atom. The minimum atomic E-state index is -0.845. The van der Waals surface area contributed by atoms with E-state index < -0.39 is 11.9 Å². The van der Waals surface area contributed by atoms with Crippen LogP contribution in [0.1, 0.15) is 11.6 Å². The number of nitrogens with zero attached hydrogens (tertiary/aromatic N) is 2. The maximum Gasteiger partial charge on any atom is 0.262 e. The lowest BCUT2D eigenvalue weighted by molar-refractivity contribution is -0.121. The van der Waals surface area contributed by atoms with Gasteiger partial charge in [0.15, 0.2) is 0 Å². The van der Waals surface area contributed by atoms with Crippen LogP contribution in [0.2, 0.25) is 0 Å². The van der Waals surface area contributed by atoms with Gasteiger partial charge in [0.05, 0.1) is 10.9 Å². The average Bonchev–Trinajstić information content (AvgIpc) is 2.74. The summed E-state index contributed by atoms with van der Waals surface area (Å²) in [5.74, 6) is -0.135. The first kappa shape index (κ1) is 17.7. The first-order valence-corrected chi connectivity index (χ1v) is 9.05. The van der Waals surface area contributed by atoms with Crippen LogP contribution in [0.25, 0.3) is 22.3 Å². The number of para-hydroxylation sites is 1. The Balaban J connectivity index is 1.98. The number of hydrogen-bond donors (Lipinski definition) is 1. The zero-order valence-electron chi connectivity index (χ0n) is 15.2. The Bertz CT molecular complexity index is 1180. The predicted octanol–water partition coefficient (Wildman–Crippen LogP) is 3.33. The molecule has 4 aromatic rings. The second-order valence-corrected chi connectivity index (χ2v) is 6.60. The lowest BCUT2D eigenvalue weighted by Crippen LogP contribution is -2.36. The van der Waals surface area contributed by atoms with Gasteiger partial charge in [-0.15, -0.1) is 0 Å². The SMILES string of the molecule is NC(=O)C(Cc1ccccc1)n1c(-c2ccccc2)nc2ccccc2c1=O. The minimum Gasteiger partial charge on any atom is -0.368 e. The Kier molecular flexibility index (Phi) is 4.72. The van der Waals surface area contributed by atoms with E-state index in [1.807, 2.05) is 66.7 Å². The van der Waals surface area contributed by atoms with Crippen molar-refractivity contribution in [3.05, 3.63) is 101 Å². The summed E-state index contributed by atoms with van der Waals surface area (Å²) < 4.78 is 1.44. The summed E-state index contributed by atoms with van der Waals surface area (Å²) in [7, 11) is 0. The van der Waals surface area contributed by atoms with E-state index in [2.05, 4.69) is 0 Å². The van der Waals surface area contributed by atoms with Crippen molar-refractivity contribution < 1.29 is 4.79 Å². The lowest BCUT2D eigenvalue weighted by Gasteiger charge is -2.21. The molecule has 1 atom stereocenters. The quantitative estimate of drug-likeness (QED) is 0.586. The maximum atomic E-state index is 13.4. The highest BCUT2D eigenvalue weighted by Gasteiger charge is 2.25. The van der Waals surface area contributed by atoms with Gasteiger partial charge in [-0.3, -0.25) is 14.2 Å². The van der Waals surface area contributed by atoms with Crippen LogP contribution < -0.4 is 11.3 Å². The van der Waals surface area contributed by atoms with Crippen molar-refractivity contribution in [2.24, 2.45) is 5.73 Å². The fraction of sp³-hybridized carbons (Fsp3) is 0.0870. The number of carbonyl (C=O) groups excluding carboxylic acids is 1. The second-order valence-electron chi connectivity index (χ2n) is 6.60. The number of fused-ring (bicyclic) bond motifs is 1. The highest BCUT2D eigenvalue weighted by molar-refractivity contribution is 5.83. The van der Waals surface area contributed by atoms with Gasteiger partial charge >= 0.3 is 0 Å². The second kappa shape index (κ2) is 7.48. The van der Waals surface area contributed by atoms with Crippen LogP contribution in [0, 0.1) is 0 Å². The van der Waals surface area contributed by atoms with Crippen LogP contribution in [0.3, 0.4) is 0 Å². The van der Waals surface area contributed by atoms with Gasteiger partial charge in [-0.2, -0.15) is 0 Å². The molecule has 0 aliphatic rings. The topological polar surface area (TPSA) is 78.0 Å². The van der Waals surface area contributed by atoms with E-state index in [0.29, 0.717) is 23.1 Å². The molecule has 5 nitrogen and oxygen atoms in total. The normalized spacial score (nSPS) is 12.0.